The maximum atomic E-state index is 12.2. The van der Waals surface area contributed by atoms with Gasteiger partial charge in [-0.2, -0.15) is 17.5 Å². The van der Waals surface area contributed by atoms with Crippen LogP contribution in [0.25, 0.3) is 0 Å². The van der Waals surface area contributed by atoms with E-state index >= 15 is 0 Å². The molecule has 1 aliphatic rings. The maximum absolute atomic E-state index is 12.2. The minimum Gasteiger partial charge on any atom is -0.395 e. The molecule has 0 aromatic rings. The van der Waals surface area contributed by atoms with Crippen LogP contribution in [0.3, 0.4) is 0 Å². The topological polar surface area (TPSA) is 57.6 Å². The fourth-order valence-electron chi connectivity index (χ4n) is 1.29. The monoisotopic (exact) mass is 261 g/mol. The van der Waals surface area contributed by atoms with Crippen molar-refractivity contribution in [1.82, 2.24) is 4.31 Å². The van der Waals surface area contributed by atoms with E-state index in [0.29, 0.717) is 17.1 Å². The normalized spacial score (nSPS) is 20.1. The van der Waals surface area contributed by atoms with Crippen LogP contribution in [0.1, 0.15) is 19.8 Å². The molecule has 1 aliphatic carbocycles. The second-order valence-corrected chi connectivity index (χ2v) is 6.23. The third-order valence-corrected chi connectivity index (χ3v) is 4.63. The van der Waals surface area contributed by atoms with E-state index < -0.39 is 40.6 Å². The van der Waals surface area contributed by atoms with Gasteiger partial charge in [-0.05, 0) is 19.8 Å². The van der Waals surface area contributed by atoms with Gasteiger partial charge in [0.15, 0.2) is 0 Å². The Kier molecular flexibility index (Phi) is 3.86. The van der Waals surface area contributed by atoms with Crippen LogP contribution < -0.4 is 0 Å². The summed E-state index contributed by atoms with van der Waals surface area (Å²) < 4.78 is 60.5. The van der Waals surface area contributed by atoms with Crippen molar-refractivity contribution in [1.29, 1.82) is 0 Å². The minimum absolute atomic E-state index is 0.452. The Balaban J connectivity index is 2.85. The predicted octanol–water partition coefficient (Wildman–Crippen LogP) is 0.724. The average Bonchev–Trinajstić information content (AvgIpc) is 2.94. The van der Waals surface area contributed by atoms with Crippen molar-refractivity contribution < 1.29 is 26.7 Å². The first-order chi connectivity index (χ1) is 7.18. The van der Waals surface area contributed by atoms with Crippen molar-refractivity contribution in [2.24, 2.45) is 0 Å². The summed E-state index contributed by atoms with van der Waals surface area (Å²) in [6.07, 6.45) is -3.65. The molecule has 1 N–H and O–H groups in total. The van der Waals surface area contributed by atoms with E-state index in [1.54, 1.807) is 0 Å². The van der Waals surface area contributed by atoms with Crippen molar-refractivity contribution in [3.63, 3.8) is 0 Å². The number of rotatable bonds is 5. The van der Waals surface area contributed by atoms with Gasteiger partial charge in [-0.1, -0.05) is 0 Å². The van der Waals surface area contributed by atoms with E-state index in [1.807, 2.05) is 0 Å². The van der Waals surface area contributed by atoms with Crippen LogP contribution in [0.5, 0.6) is 0 Å². The summed E-state index contributed by atoms with van der Waals surface area (Å²) >= 11 is 0. The fraction of sp³-hybridized carbons (Fsp3) is 1.00. The molecule has 4 nitrogen and oxygen atoms in total. The molecule has 0 aliphatic heterocycles. The highest BCUT2D eigenvalue weighted by Crippen LogP contribution is 2.33. The molecule has 0 saturated heterocycles. The van der Waals surface area contributed by atoms with Gasteiger partial charge in [0.05, 0.1) is 11.9 Å². The number of hydrogen-bond acceptors (Lipinski definition) is 3. The van der Waals surface area contributed by atoms with Crippen LogP contribution in [0.4, 0.5) is 13.2 Å². The highest BCUT2D eigenvalue weighted by molar-refractivity contribution is 7.89. The summed E-state index contributed by atoms with van der Waals surface area (Å²) in [5.41, 5.74) is 0. The maximum Gasteiger partial charge on any atom is 0.402 e. The first-order valence-corrected chi connectivity index (χ1v) is 6.37. The van der Waals surface area contributed by atoms with Gasteiger partial charge in [-0.15, -0.1) is 0 Å². The zero-order valence-electron chi connectivity index (χ0n) is 8.74. The molecule has 0 radical (unpaired) electrons. The van der Waals surface area contributed by atoms with E-state index in [-0.39, 0.29) is 0 Å². The molecule has 1 rings (SSSR count). The van der Waals surface area contributed by atoms with Gasteiger partial charge >= 0.3 is 6.18 Å². The summed E-state index contributed by atoms with van der Waals surface area (Å²) in [5, 5.41) is 7.53. The average molecular weight is 261 g/mol. The first kappa shape index (κ1) is 13.7. The zero-order chi connectivity index (χ0) is 12.6. The first-order valence-electron chi connectivity index (χ1n) is 4.86. The Morgan fingerprint density at radius 2 is 1.94 bits per heavy atom. The summed E-state index contributed by atoms with van der Waals surface area (Å²) in [5.74, 6) is 0. The highest BCUT2D eigenvalue weighted by Gasteiger charge is 2.45. The molecular weight excluding hydrogens is 247 g/mol. The lowest BCUT2D eigenvalue weighted by atomic mass is 10.5. The Bertz CT molecular complexity index is 337. The summed E-state index contributed by atoms with van der Waals surface area (Å²) in [6.45, 7) is -0.950. The molecule has 1 fully saturated rings. The zero-order valence-corrected chi connectivity index (χ0v) is 9.55. The molecular formula is C8H14F3NO3S. The largest absolute Gasteiger partial charge is 0.402 e. The summed E-state index contributed by atoms with van der Waals surface area (Å²) in [4.78, 5) is 0. The van der Waals surface area contributed by atoms with Gasteiger partial charge in [0, 0.05) is 6.04 Å². The number of aliphatic hydroxyl groups excluding tert-OH is 1. The van der Waals surface area contributed by atoms with E-state index in [2.05, 4.69) is 0 Å². The molecule has 0 aromatic carbocycles. The summed E-state index contributed by atoms with van der Waals surface area (Å²) in [7, 11) is -4.06. The highest BCUT2D eigenvalue weighted by atomic mass is 32.2. The van der Waals surface area contributed by atoms with Crippen LogP contribution in [-0.2, 0) is 10.0 Å². The van der Waals surface area contributed by atoms with E-state index in [4.69, 9.17) is 5.11 Å². The number of halogens is 3. The number of nitrogens with zero attached hydrogens (tertiary/aromatic N) is 1. The van der Waals surface area contributed by atoms with Crippen LogP contribution in [0.2, 0.25) is 0 Å². The number of aliphatic hydroxyl groups is 1. The van der Waals surface area contributed by atoms with Crippen molar-refractivity contribution in [2.45, 2.75) is 37.2 Å². The van der Waals surface area contributed by atoms with Crippen LogP contribution in [-0.4, -0.2) is 48.4 Å². The van der Waals surface area contributed by atoms with Gasteiger partial charge in [0.2, 0.25) is 10.0 Å². The number of sulfonamides is 1. The smallest absolute Gasteiger partial charge is 0.395 e. The molecule has 1 saturated carbocycles. The quantitative estimate of drug-likeness (QED) is 0.793. The molecule has 1 atom stereocenters. The molecule has 16 heavy (non-hydrogen) atoms. The van der Waals surface area contributed by atoms with Crippen LogP contribution in [0, 0.1) is 0 Å². The van der Waals surface area contributed by atoms with Gasteiger partial charge in [0.25, 0.3) is 0 Å². The summed E-state index contributed by atoms with van der Waals surface area (Å²) in [6, 6.07) is -0.555. The van der Waals surface area contributed by atoms with E-state index in [1.165, 1.54) is 6.92 Å². The lowest BCUT2D eigenvalue weighted by Crippen LogP contribution is -2.45. The van der Waals surface area contributed by atoms with Gasteiger partial charge in [-0.3, -0.25) is 0 Å². The molecule has 0 amide bonds. The third-order valence-electron chi connectivity index (χ3n) is 2.38. The van der Waals surface area contributed by atoms with E-state index in [0.717, 1.165) is 0 Å². The van der Waals surface area contributed by atoms with Crippen molar-refractivity contribution in [3.05, 3.63) is 0 Å². The predicted molar refractivity (Wildman–Crippen MR) is 51.3 cm³/mol. The molecule has 0 spiro atoms. The second-order valence-electron chi connectivity index (χ2n) is 3.93. The number of hydrogen-bond donors (Lipinski definition) is 1. The minimum atomic E-state index is -4.55. The van der Waals surface area contributed by atoms with E-state index in [9.17, 15) is 21.6 Å². The van der Waals surface area contributed by atoms with Gasteiger partial charge < -0.3 is 5.11 Å². The molecule has 96 valence electrons. The molecule has 0 bridgehead atoms. The Morgan fingerprint density at radius 1 is 1.44 bits per heavy atom. The van der Waals surface area contributed by atoms with Crippen LogP contribution in [0.15, 0.2) is 0 Å². The second kappa shape index (κ2) is 4.50. The molecule has 0 aromatic heterocycles. The Morgan fingerprint density at radius 3 is 2.25 bits per heavy atom. The molecule has 8 heteroatoms. The van der Waals surface area contributed by atoms with Crippen molar-refractivity contribution in [2.75, 3.05) is 13.2 Å². The van der Waals surface area contributed by atoms with Crippen molar-refractivity contribution in [3.8, 4) is 0 Å². The number of alkyl halides is 3. The molecule has 1 unspecified atom stereocenters. The van der Waals surface area contributed by atoms with Gasteiger partial charge in [-0.25, -0.2) is 8.42 Å². The van der Waals surface area contributed by atoms with Gasteiger partial charge in [0.1, 0.15) is 6.54 Å². The lowest BCUT2D eigenvalue weighted by molar-refractivity contribution is -0.137. The lowest BCUT2D eigenvalue weighted by Gasteiger charge is -2.25. The fourth-order valence-corrected chi connectivity index (χ4v) is 2.89. The van der Waals surface area contributed by atoms with Crippen LogP contribution >= 0.6 is 0 Å². The third kappa shape index (κ3) is 3.33. The molecule has 0 heterocycles. The Labute approximate surface area is 92.1 Å². The SMILES string of the molecule is CC(CO)S(=O)(=O)N(CC(F)(F)F)C1CC1. The Hall–Kier alpha value is -0.340. The van der Waals surface area contributed by atoms with Crippen molar-refractivity contribution >= 4 is 10.0 Å². The standard InChI is InChI=1S/C8H14F3NO3S/c1-6(4-13)16(14,15)12(7-2-3-7)5-8(9,10)11/h6-7,13H,2-5H2,1H3.